The molecule has 0 bridgehead atoms. The zero-order valence-electron chi connectivity index (χ0n) is 18.3. The fourth-order valence-electron chi connectivity index (χ4n) is 3.45. The second kappa shape index (κ2) is 9.91. The van der Waals surface area contributed by atoms with Crippen LogP contribution in [-0.2, 0) is 23.0 Å². The lowest BCUT2D eigenvalue weighted by Gasteiger charge is -2.21. The highest BCUT2D eigenvalue weighted by molar-refractivity contribution is 7.93. The molecule has 0 spiro atoms. The van der Waals surface area contributed by atoms with Gasteiger partial charge in [-0.3, -0.25) is 9.10 Å². The number of carbonyl (C=O) groups excluding carboxylic acids is 1. The van der Waals surface area contributed by atoms with E-state index in [-0.39, 0.29) is 9.77 Å². The maximum Gasteiger partial charge on any atom is 0.266 e. The van der Waals surface area contributed by atoms with Gasteiger partial charge in [-0.1, -0.05) is 55.5 Å². The zero-order chi connectivity index (χ0) is 23.4. The van der Waals surface area contributed by atoms with Crippen molar-refractivity contribution in [2.24, 2.45) is 0 Å². The molecule has 2 aromatic carbocycles. The average molecular weight is 497 g/mol. The van der Waals surface area contributed by atoms with Crippen molar-refractivity contribution in [3.63, 3.8) is 0 Å². The van der Waals surface area contributed by atoms with Gasteiger partial charge in [-0.05, 0) is 41.1 Å². The molecule has 0 fully saturated rings. The van der Waals surface area contributed by atoms with Crippen molar-refractivity contribution >= 4 is 44.3 Å². The average Bonchev–Trinajstić information content (AvgIpc) is 3.53. The van der Waals surface area contributed by atoms with Gasteiger partial charge in [0.2, 0.25) is 0 Å². The minimum absolute atomic E-state index is 0.0319. The maximum absolute atomic E-state index is 13.9. The van der Waals surface area contributed by atoms with Crippen molar-refractivity contribution in [2.45, 2.75) is 24.8 Å². The van der Waals surface area contributed by atoms with E-state index in [1.807, 2.05) is 66.9 Å². The number of sulfonamides is 1. The van der Waals surface area contributed by atoms with Crippen LogP contribution in [0.1, 0.15) is 27.0 Å². The lowest BCUT2D eigenvalue weighted by molar-refractivity contribution is 0.0952. The van der Waals surface area contributed by atoms with E-state index in [9.17, 15) is 13.2 Å². The second-order valence-electron chi connectivity index (χ2n) is 7.43. The lowest BCUT2D eigenvalue weighted by Crippen LogP contribution is -2.30. The van der Waals surface area contributed by atoms with E-state index in [4.69, 9.17) is 0 Å². The number of hydrogen-bond donors (Lipinski definition) is 1. The molecule has 0 aliphatic carbocycles. The quantitative estimate of drug-likeness (QED) is 0.336. The Balaban J connectivity index is 1.76. The van der Waals surface area contributed by atoms with Crippen LogP contribution < -0.4 is 9.62 Å². The second-order valence-corrected chi connectivity index (χ2v) is 11.2. The molecule has 170 valence electrons. The molecule has 0 aliphatic rings. The highest BCUT2D eigenvalue weighted by Gasteiger charge is 2.32. The number of nitrogens with zero attached hydrogens (tertiary/aromatic N) is 1. The predicted octanol–water partition coefficient (Wildman–Crippen LogP) is 5.79. The molecule has 2 aromatic heterocycles. The van der Waals surface area contributed by atoms with Gasteiger partial charge in [-0.2, -0.15) is 0 Å². The van der Waals surface area contributed by atoms with Gasteiger partial charge in [-0.15, -0.1) is 22.7 Å². The molecule has 1 amide bonds. The largest absolute Gasteiger partial charge is 0.346 e. The summed E-state index contributed by atoms with van der Waals surface area (Å²) in [6, 6.07) is 20.6. The number of aryl methyl sites for hydroxylation is 1. The Bertz CT molecular complexity index is 1330. The topological polar surface area (TPSA) is 66.5 Å². The van der Waals surface area contributed by atoms with Gasteiger partial charge >= 0.3 is 0 Å². The number of carbonyl (C=O) groups is 1. The van der Waals surface area contributed by atoms with E-state index in [2.05, 4.69) is 5.32 Å². The Hall–Kier alpha value is -2.94. The molecular formula is C25H24N2O3S3. The lowest BCUT2D eigenvalue weighted by atomic mass is 10.1. The minimum atomic E-state index is -4.01. The Morgan fingerprint density at radius 1 is 0.970 bits per heavy atom. The highest BCUT2D eigenvalue weighted by Crippen LogP contribution is 2.38. The van der Waals surface area contributed by atoms with Crippen molar-refractivity contribution < 1.29 is 13.2 Å². The van der Waals surface area contributed by atoms with E-state index < -0.39 is 15.9 Å². The third-order valence-electron chi connectivity index (χ3n) is 5.37. The van der Waals surface area contributed by atoms with E-state index >= 15 is 0 Å². The smallest absolute Gasteiger partial charge is 0.266 e. The summed E-state index contributed by atoms with van der Waals surface area (Å²) in [5, 5.41) is 6.56. The maximum atomic E-state index is 13.9. The van der Waals surface area contributed by atoms with Gasteiger partial charge in [0, 0.05) is 22.9 Å². The van der Waals surface area contributed by atoms with Crippen molar-refractivity contribution in [3.05, 3.63) is 92.8 Å². The number of hydrogen-bond acceptors (Lipinski definition) is 5. The first-order valence-electron chi connectivity index (χ1n) is 10.5. The van der Waals surface area contributed by atoms with Gasteiger partial charge in [0.15, 0.2) is 0 Å². The van der Waals surface area contributed by atoms with Crippen LogP contribution in [0.4, 0.5) is 5.69 Å². The van der Waals surface area contributed by atoms with Gasteiger partial charge in [-0.25, -0.2) is 8.42 Å². The van der Waals surface area contributed by atoms with Crippen LogP contribution in [0, 0.1) is 0 Å². The van der Waals surface area contributed by atoms with Gasteiger partial charge in [0.1, 0.15) is 9.77 Å². The molecule has 0 unspecified atom stereocenters. The molecule has 8 heteroatoms. The van der Waals surface area contributed by atoms with E-state index in [1.165, 1.54) is 22.7 Å². The molecule has 5 nitrogen and oxygen atoms in total. The van der Waals surface area contributed by atoms with Crippen LogP contribution in [0.15, 0.2) is 82.4 Å². The summed E-state index contributed by atoms with van der Waals surface area (Å²) in [5.41, 5.74) is 2.94. The Labute approximate surface area is 202 Å². The van der Waals surface area contributed by atoms with Crippen LogP contribution in [0.25, 0.3) is 11.1 Å². The standard InChI is InChI=1S/C25H24N2O3S3/c1-3-18-11-13-20(14-12-18)27(2)33(29,30)24-22(19-8-5-4-6-9-19)17-32-23(24)25(28)26-16-21-10-7-15-31-21/h4-15,17H,3,16H2,1-2H3,(H,26,28). The number of rotatable bonds is 8. The molecule has 0 saturated carbocycles. The molecule has 0 saturated heterocycles. The first kappa shape index (κ1) is 23.2. The molecular weight excluding hydrogens is 472 g/mol. The van der Waals surface area contributed by atoms with E-state index in [0.717, 1.165) is 33.8 Å². The normalized spacial score (nSPS) is 11.3. The Morgan fingerprint density at radius 3 is 2.33 bits per heavy atom. The number of anilines is 1. The summed E-state index contributed by atoms with van der Waals surface area (Å²) in [4.78, 5) is 14.3. The van der Waals surface area contributed by atoms with Crippen LogP contribution in [0.2, 0.25) is 0 Å². The number of benzene rings is 2. The summed E-state index contributed by atoms with van der Waals surface area (Å²) in [5.74, 6) is -0.399. The summed E-state index contributed by atoms with van der Waals surface area (Å²) in [6.07, 6.45) is 0.869. The fraction of sp³-hybridized carbons (Fsp3) is 0.160. The Morgan fingerprint density at radius 2 is 1.70 bits per heavy atom. The summed E-state index contributed by atoms with van der Waals surface area (Å²) in [7, 11) is -2.49. The van der Waals surface area contributed by atoms with Crippen LogP contribution in [-0.4, -0.2) is 21.4 Å². The van der Waals surface area contributed by atoms with Gasteiger partial charge in [0.25, 0.3) is 15.9 Å². The predicted molar refractivity (Wildman–Crippen MR) is 137 cm³/mol. The third-order valence-corrected chi connectivity index (χ3v) is 9.22. The third kappa shape index (κ3) is 4.88. The van der Waals surface area contributed by atoms with Crippen LogP contribution >= 0.6 is 22.7 Å². The molecule has 1 N–H and O–H groups in total. The number of amides is 1. The van der Waals surface area contributed by atoms with Crippen LogP contribution in [0.5, 0.6) is 0 Å². The highest BCUT2D eigenvalue weighted by atomic mass is 32.2. The first-order valence-corrected chi connectivity index (χ1v) is 13.7. The first-order chi connectivity index (χ1) is 15.9. The molecule has 0 atom stereocenters. The molecule has 0 radical (unpaired) electrons. The van der Waals surface area contributed by atoms with Crippen molar-refractivity contribution in [3.8, 4) is 11.1 Å². The molecule has 33 heavy (non-hydrogen) atoms. The summed E-state index contributed by atoms with van der Waals surface area (Å²) < 4.78 is 29.0. The minimum Gasteiger partial charge on any atom is -0.346 e. The van der Waals surface area contributed by atoms with Crippen molar-refractivity contribution in [1.82, 2.24) is 5.32 Å². The molecule has 4 rings (SSSR count). The zero-order valence-corrected chi connectivity index (χ0v) is 20.8. The summed E-state index contributed by atoms with van der Waals surface area (Å²) >= 11 is 2.69. The fourth-order valence-corrected chi connectivity index (χ4v) is 6.97. The molecule has 0 aliphatic heterocycles. The van der Waals surface area contributed by atoms with E-state index in [1.54, 1.807) is 17.5 Å². The van der Waals surface area contributed by atoms with Crippen molar-refractivity contribution in [1.29, 1.82) is 0 Å². The number of thiophene rings is 2. The van der Waals surface area contributed by atoms with Crippen molar-refractivity contribution in [2.75, 3.05) is 11.4 Å². The van der Waals surface area contributed by atoms with Gasteiger partial charge < -0.3 is 5.32 Å². The van der Waals surface area contributed by atoms with Crippen LogP contribution in [0.3, 0.4) is 0 Å². The van der Waals surface area contributed by atoms with Gasteiger partial charge in [0.05, 0.1) is 12.2 Å². The monoisotopic (exact) mass is 496 g/mol. The SMILES string of the molecule is CCc1ccc(N(C)S(=O)(=O)c2c(-c3ccccc3)csc2C(=O)NCc2cccs2)cc1. The molecule has 4 aromatic rings. The van der Waals surface area contributed by atoms with E-state index in [0.29, 0.717) is 17.8 Å². The Kier molecular flexibility index (Phi) is 6.97. The summed E-state index contributed by atoms with van der Waals surface area (Å²) in [6.45, 7) is 2.40. The number of nitrogens with one attached hydrogen (secondary N) is 1. The molecule has 2 heterocycles.